The predicted molar refractivity (Wildman–Crippen MR) is 60.5 cm³/mol. The Balaban J connectivity index is 0.00000112. The highest BCUT2D eigenvalue weighted by Crippen LogP contribution is 2.30. The minimum absolute atomic E-state index is 0. The highest BCUT2D eigenvalue weighted by atomic mass is 35.5. The normalized spacial score (nSPS) is 24.5. The zero-order chi connectivity index (χ0) is 10.0. The van der Waals surface area contributed by atoms with Gasteiger partial charge in [-0.05, 0) is 18.5 Å². The number of hydrogen-bond donors (Lipinski definition) is 2. The van der Waals surface area contributed by atoms with Crippen molar-refractivity contribution < 1.29 is 9.90 Å². The largest absolute Gasteiger partial charge is 0.481 e. The van der Waals surface area contributed by atoms with E-state index in [1.54, 1.807) is 0 Å². The van der Waals surface area contributed by atoms with Crippen molar-refractivity contribution in [3.8, 4) is 0 Å². The fraction of sp³-hybridized carbons (Fsp3) is 0.364. The molecular formula is C11H14ClNO2. The highest BCUT2D eigenvalue weighted by molar-refractivity contribution is 5.85. The first-order chi connectivity index (χ1) is 6.76. The van der Waals surface area contributed by atoms with E-state index in [2.05, 4.69) is 5.32 Å². The molecule has 2 N–H and O–H groups in total. The maximum atomic E-state index is 11.3. The molecule has 0 radical (unpaired) electrons. The van der Waals surface area contributed by atoms with Gasteiger partial charge in [0, 0.05) is 6.54 Å². The van der Waals surface area contributed by atoms with Gasteiger partial charge >= 0.3 is 5.97 Å². The molecule has 1 aromatic rings. The second kappa shape index (κ2) is 4.64. The second-order valence-electron chi connectivity index (χ2n) is 3.68. The number of carboxylic acid groups (broad SMARTS) is 1. The van der Waals surface area contributed by atoms with Gasteiger partial charge in [-0.3, -0.25) is 4.79 Å². The SMILES string of the molecule is Cl.O=C(O)C1(c2ccccc2)CCNC1. The molecule has 0 aromatic heterocycles. The molecule has 3 nitrogen and oxygen atoms in total. The van der Waals surface area contributed by atoms with Crippen molar-refractivity contribution in [1.29, 1.82) is 0 Å². The average Bonchev–Trinajstić information content (AvgIpc) is 2.69. The van der Waals surface area contributed by atoms with Gasteiger partial charge in [0.15, 0.2) is 0 Å². The average molecular weight is 228 g/mol. The molecule has 1 unspecified atom stereocenters. The van der Waals surface area contributed by atoms with E-state index in [1.807, 2.05) is 30.3 Å². The van der Waals surface area contributed by atoms with Crippen molar-refractivity contribution in [2.45, 2.75) is 11.8 Å². The van der Waals surface area contributed by atoms with E-state index >= 15 is 0 Å². The maximum Gasteiger partial charge on any atom is 0.315 e. The summed E-state index contributed by atoms with van der Waals surface area (Å²) in [5.41, 5.74) is 0.193. The summed E-state index contributed by atoms with van der Waals surface area (Å²) in [6, 6.07) is 9.46. The van der Waals surface area contributed by atoms with Gasteiger partial charge in [-0.1, -0.05) is 30.3 Å². The first-order valence-electron chi connectivity index (χ1n) is 4.75. The van der Waals surface area contributed by atoms with E-state index < -0.39 is 11.4 Å². The number of nitrogens with one attached hydrogen (secondary N) is 1. The van der Waals surface area contributed by atoms with Gasteiger partial charge in [0.1, 0.15) is 5.41 Å². The lowest BCUT2D eigenvalue weighted by Crippen LogP contribution is -2.37. The van der Waals surface area contributed by atoms with E-state index in [0.29, 0.717) is 13.0 Å². The van der Waals surface area contributed by atoms with Crippen LogP contribution in [-0.2, 0) is 10.2 Å². The van der Waals surface area contributed by atoms with Gasteiger partial charge in [-0.15, -0.1) is 12.4 Å². The number of carbonyl (C=O) groups is 1. The summed E-state index contributed by atoms with van der Waals surface area (Å²) in [7, 11) is 0. The highest BCUT2D eigenvalue weighted by Gasteiger charge is 2.42. The molecule has 1 heterocycles. The molecule has 0 aliphatic carbocycles. The molecule has 1 saturated heterocycles. The van der Waals surface area contributed by atoms with Gasteiger partial charge in [-0.2, -0.15) is 0 Å². The zero-order valence-corrected chi connectivity index (χ0v) is 9.09. The first kappa shape index (κ1) is 12.0. The molecule has 1 aliphatic heterocycles. The molecule has 4 heteroatoms. The smallest absolute Gasteiger partial charge is 0.315 e. The van der Waals surface area contributed by atoms with Crippen LogP contribution in [0.4, 0.5) is 0 Å². The third kappa shape index (κ3) is 1.98. The Bertz CT molecular complexity index is 334. The van der Waals surface area contributed by atoms with Crippen LogP contribution in [0.5, 0.6) is 0 Å². The lowest BCUT2D eigenvalue weighted by Gasteiger charge is -2.23. The molecule has 2 rings (SSSR count). The van der Waals surface area contributed by atoms with Crippen LogP contribution in [0.1, 0.15) is 12.0 Å². The molecule has 1 atom stereocenters. The van der Waals surface area contributed by atoms with E-state index in [4.69, 9.17) is 0 Å². The van der Waals surface area contributed by atoms with Gasteiger partial charge < -0.3 is 10.4 Å². The molecule has 0 bridgehead atoms. The summed E-state index contributed by atoms with van der Waals surface area (Å²) in [5.74, 6) is -0.728. The third-order valence-electron chi connectivity index (χ3n) is 2.89. The van der Waals surface area contributed by atoms with Gasteiger partial charge in [0.25, 0.3) is 0 Å². The lowest BCUT2D eigenvalue weighted by molar-refractivity contribution is -0.143. The van der Waals surface area contributed by atoms with Crippen LogP contribution in [0.2, 0.25) is 0 Å². The van der Waals surface area contributed by atoms with Crippen LogP contribution in [0, 0.1) is 0 Å². The number of rotatable bonds is 2. The third-order valence-corrected chi connectivity index (χ3v) is 2.89. The molecule has 1 fully saturated rings. The number of carboxylic acids is 1. The van der Waals surface area contributed by atoms with Crippen LogP contribution in [0.25, 0.3) is 0 Å². The van der Waals surface area contributed by atoms with Crippen LogP contribution in [0.3, 0.4) is 0 Å². The van der Waals surface area contributed by atoms with Gasteiger partial charge in [-0.25, -0.2) is 0 Å². The number of halogens is 1. The topological polar surface area (TPSA) is 49.3 Å². The Morgan fingerprint density at radius 3 is 2.47 bits per heavy atom. The minimum atomic E-state index is -0.728. The van der Waals surface area contributed by atoms with Crippen molar-refractivity contribution in [1.82, 2.24) is 5.32 Å². The summed E-state index contributed by atoms with van der Waals surface area (Å²) in [4.78, 5) is 11.3. The predicted octanol–water partition coefficient (Wildman–Crippen LogP) is 1.42. The van der Waals surface area contributed by atoms with Gasteiger partial charge in [0.05, 0.1) is 0 Å². The molecule has 1 aliphatic rings. The standard InChI is InChI=1S/C11H13NO2.ClH/c13-10(14)11(6-7-12-8-11)9-4-2-1-3-5-9;/h1-5,12H,6-8H2,(H,13,14);1H. The summed E-state index contributed by atoms with van der Waals surface area (Å²) >= 11 is 0. The van der Waals surface area contributed by atoms with Crippen molar-refractivity contribution in [2.24, 2.45) is 0 Å². The van der Waals surface area contributed by atoms with E-state index in [0.717, 1.165) is 12.1 Å². The second-order valence-corrected chi connectivity index (χ2v) is 3.68. The fourth-order valence-electron chi connectivity index (χ4n) is 2.00. The minimum Gasteiger partial charge on any atom is -0.481 e. The molecule has 1 aromatic carbocycles. The number of aliphatic carboxylic acids is 1. The summed E-state index contributed by atoms with van der Waals surface area (Å²) in [6.45, 7) is 1.31. The summed E-state index contributed by atoms with van der Waals surface area (Å²) in [5, 5.41) is 12.4. The van der Waals surface area contributed by atoms with Crippen molar-refractivity contribution >= 4 is 18.4 Å². The Kier molecular flexibility index (Phi) is 3.72. The van der Waals surface area contributed by atoms with Crippen molar-refractivity contribution in [2.75, 3.05) is 13.1 Å². The van der Waals surface area contributed by atoms with E-state index in [9.17, 15) is 9.90 Å². The monoisotopic (exact) mass is 227 g/mol. The summed E-state index contributed by atoms with van der Waals surface area (Å²) in [6.07, 6.45) is 0.673. The van der Waals surface area contributed by atoms with Crippen molar-refractivity contribution in [3.05, 3.63) is 35.9 Å². The first-order valence-corrected chi connectivity index (χ1v) is 4.75. The Hall–Kier alpha value is -1.06. The molecule has 0 saturated carbocycles. The number of hydrogen-bond acceptors (Lipinski definition) is 2. The van der Waals surface area contributed by atoms with E-state index in [1.165, 1.54) is 0 Å². The molecule has 15 heavy (non-hydrogen) atoms. The van der Waals surface area contributed by atoms with Crippen molar-refractivity contribution in [3.63, 3.8) is 0 Å². The molecule has 0 amide bonds. The van der Waals surface area contributed by atoms with Gasteiger partial charge in [0.2, 0.25) is 0 Å². The van der Waals surface area contributed by atoms with Crippen LogP contribution in [-0.4, -0.2) is 24.2 Å². The Morgan fingerprint density at radius 2 is 2.00 bits per heavy atom. The zero-order valence-electron chi connectivity index (χ0n) is 8.27. The quantitative estimate of drug-likeness (QED) is 0.804. The molecule has 82 valence electrons. The van der Waals surface area contributed by atoms with Crippen LogP contribution in [0.15, 0.2) is 30.3 Å². The summed E-state index contributed by atoms with van der Waals surface area (Å²) < 4.78 is 0. The van der Waals surface area contributed by atoms with Crippen LogP contribution < -0.4 is 5.32 Å². The van der Waals surface area contributed by atoms with E-state index in [-0.39, 0.29) is 12.4 Å². The fourth-order valence-corrected chi connectivity index (χ4v) is 2.00. The Labute approximate surface area is 94.9 Å². The lowest BCUT2D eigenvalue weighted by atomic mass is 9.80. The molecular weight excluding hydrogens is 214 g/mol. The molecule has 0 spiro atoms. The number of benzene rings is 1. The van der Waals surface area contributed by atoms with Crippen LogP contribution >= 0.6 is 12.4 Å². The maximum absolute atomic E-state index is 11.3. The Morgan fingerprint density at radius 1 is 1.33 bits per heavy atom.